The van der Waals surface area contributed by atoms with Gasteiger partial charge in [0.05, 0.1) is 0 Å². The Morgan fingerprint density at radius 2 is 1.90 bits per heavy atom. The molecule has 2 aromatic rings. The number of benzene rings is 2. The van der Waals surface area contributed by atoms with Crippen LogP contribution in [0.15, 0.2) is 42.5 Å². The lowest BCUT2D eigenvalue weighted by Crippen LogP contribution is -2.58. The van der Waals surface area contributed by atoms with E-state index in [2.05, 4.69) is 59.6 Å². The van der Waals surface area contributed by atoms with Gasteiger partial charge in [-0.05, 0) is 35.9 Å². The fraction of sp³-hybridized carbons (Fsp3) is 0.444. The number of nitrogens with one attached hydrogen (secondary N) is 1. The predicted octanol–water partition coefficient (Wildman–Crippen LogP) is 2.90. The molecule has 3 nitrogen and oxygen atoms in total. The van der Waals surface area contributed by atoms with Crippen LogP contribution >= 0.6 is 0 Å². The van der Waals surface area contributed by atoms with Crippen LogP contribution in [-0.2, 0) is 0 Å². The van der Waals surface area contributed by atoms with Crippen LogP contribution in [0.5, 0.6) is 5.75 Å². The smallest absolute Gasteiger partial charge is 0.120 e. The first kappa shape index (κ1) is 14.4. The Morgan fingerprint density at radius 3 is 2.62 bits per heavy atom. The summed E-state index contributed by atoms with van der Waals surface area (Å²) in [5.74, 6) is 0.969. The van der Waals surface area contributed by atoms with Gasteiger partial charge in [-0.25, -0.2) is 0 Å². The highest BCUT2D eigenvalue weighted by Crippen LogP contribution is 2.20. The summed E-state index contributed by atoms with van der Waals surface area (Å²) in [7, 11) is 0. The molecule has 0 bridgehead atoms. The molecule has 1 heterocycles. The van der Waals surface area contributed by atoms with Gasteiger partial charge in [-0.1, -0.05) is 37.3 Å². The van der Waals surface area contributed by atoms with Crippen molar-refractivity contribution in [2.45, 2.75) is 19.4 Å². The lowest BCUT2D eigenvalue weighted by Gasteiger charge is -2.38. The standard InChI is InChI=1S/C18H24N2O/c1-2-9-20(17-13-19-14-17)10-11-21-18-8-7-15-5-3-4-6-16(15)12-18/h3-8,12,17,19H,2,9-11,13-14H2,1H3. The summed E-state index contributed by atoms with van der Waals surface area (Å²) in [5, 5.41) is 5.85. The molecule has 0 amide bonds. The summed E-state index contributed by atoms with van der Waals surface area (Å²) >= 11 is 0. The van der Waals surface area contributed by atoms with Crippen LogP contribution in [0, 0.1) is 0 Å². The molecular weight excluding hydrogens is 260 g/mol. The molecule has 0 aliphatic carbocycles. The largest absolute Gasteiger partial charge is 0.492 e. The minimum absolute atomic E-state index is 0.699. The van der Waals surface area contributed by atoms with E-state index in [0.29, 0.717) is 6.04 Å². The van der Waals surface area contributed by atoms with Crippen molar-refractivity contribution in [3.05, 3.63) is 42.5 Å². The molecule has 2 aromatic carbocycles. The topological polar surface area (TPSA) is 24.5 Å². The minimum atomic E-state index is 0.699. The molecule has 112 valence electrons. The second-order valence-electron chi connectivity index (χ2n) is 5.71. The van der Waals surface area contributed by atoms with Crippen molar-refractivity contribution in [2.75, 3.05) is 32.8 Å². The molecule has 3 heteroatoms. The molecule has 1 saturated heterocycles. The lowest BCUT2D eigenvalue weighted by molar-refractivity contribution is 0.122. The highest BCUT2D eigenvalue weighted by atomic mass is 16.5. The quantitative estimate of drug-likeness (QED) is 0.846. The van der Waals surface area contributed by atoms with E-state index < -0.39 is 0 Å². The molecule has 1 aliphatic heterocycles. The van der Waals surface area contributed by atoms with E-state index in [1.165, 1.54) is 17.2 Å². The third kappa shape index (κ3) is 3.55. The molecule has 1 N–H and O–H groups in total. The van der Waals surface area contributed by atoms with Gasteiger partial charge in [-0.3, -0.25) is 4.90 Å². The number of fused-ring (bicyclic) bond motifs is 1. The number of rotatable bonds is 7. The summed E-state index contributed by atoms with van der Waals surface area (Å²) in [6.07, 6.45) is 1.20. The Hall–Kier alpha value is -1.58. The maximum Gasteiger partial charge on any atom is 0.120 e. The van der Waals surface area contributed by atoms with Crippen LogP contribution < -0.4 is 10.1 Å². The molecule has 1 fully saturated rings. The highest BCUT2D eigenvalue weighted by Gasteiger charge is 2.23. The molecule has 0 spiro atoms. The first-order valence-corrected chi connectivity index (χ1v) is 7.93. The average Bonchev–Trinajstić information content (AvgIpc) is 2.45. The molecule has 21 heavy (non-hydrogen) atoms. The van der Waals surface area contributed by atoms with Crippen molar-refractivity contribution in [1.29, 1.82) is 0 Å². The zero-order valence-electron chi connectivity index (χ0n) is 12.7. The minimum Gasteiger partial charge on any atom is -0.492 e. The van der Waals surface area contributed by atoms with Gasteiger partial charge in [-0.15, -0.1) is 0 Å². The molecule has 0 atom stereocenters. The van der Waals surface area contributed by atoms with Crippen molar-refractivity contribution >= 4 is 10.8 Å². The fourth-order valence-electron chi connectivity index (χ4n) is 2.83. The van der Waals surface area contributed by atoms with E-state index in [-0.39, 0.29) is 0 Å². The zero-order valence-corrected chi connectivity index (χ0v) is 12.7. The molecule has 0 unspecified atom stereocenters. The van der Waals surface area contributed by atoms with Crippen LogP contribution in [-0.4, -0.2) is 43.7 Å². The van der Waals surface area contributed by atoms with Crippen LogP contribution in [0.4, 0.5) is 0 Å². The van der Waals surface area contributed by atoms with Crippen LogP contribution in [0.1, 0.15) is 13.3 Å². The van der Waals surface area contributed by atoms with Gasteiger partial charge in [0.15, 0.2) is 0 Å². The highest BCUT2D eigenvalue weighted by molar-refractivity contribution is 5.83. The van der Waals surface area contributed by atoms with E-state index in [0.717, 1.165) is 38.5 Å². The van der Waals surface area contributed by atoms with Crippen LogP contribution in [0.3, 0.4) is 0 Å². The van der Waals surface area contributed by atoms with Crippen LogP contribution in [0.25, 0.3) is 10.8 Å². The van der Waals surface area contributed by atoms with Gasteiger partial charge >= 0.3 is 0 Å². The first-order chi connectivity index (χ1) is 10.4. The van der Waals surface area contributed by atoms with Gasteiger partial charge in [0, 0.05) is 25.7 Å². The van der Waals surface area contributed by atoms with E-state index in [1.54, 1.807) is 0 Å². The SMILES string of the molecule is CCCN(CCOc1ccc2ccccc2c1)C1CNC1. The Kier molecular flexibility index (Phi) is 4.73. The molecule has 0 radical (unpaired) electrons. The first-order valence-electron chi connectivity index (χ1n) is 7.93. The normalized spacial score (nSPS) is 15.3. The van der Waals surface area contributed by atoms with E-state index in [9.17, 15) is 0 Å². The van der Waals surface area contributed by atoms with Crippen molar-refractivity contribution < 1.29 is 4.74 Å². The third-order valence-electron chi connectivity index (χ3n) is 4.16. The van der Waals surface area contributed by atoms with Crippen LogP contribution in [0.2, 0.25) is 0 Å². The average molecular weight is 284 g/mol. The number of hydrogen-bond acceptors (Lipinski definition) is 3. The molecule has 3 rings (SSSR count). The lowest BCUT2D eigenvalue weighted by atomic mass is 10.1. The van der Waals surface area contributed by atoms with Crippen molar-refractivity contribution in [2.24, 2.45) is 0 Å². The zero-order chi connectivity index (χ0) is 14.5. The second kappa shape index (κ2) is 6.92. The maximum atomic E-state index is 5.95. The summed E-state index contributed by atoms with van der Waals surface area (Å²) in [6.45, 7) is 7.41. The molecule has 0 aromatic heterocycles. The summed E-state index contributed by atoms with van der Waals surface area (Å²) in [5.41, 5.74) is 0. The van der Waals surface area contributed by atoms with Gasteiger partial charge in [0.1, 0.15) is 12.4 Å². The number of nitrogens with zero attached hydrogens (tertiary/aromatic N) is 1. The van der Waals surface area contributed by atoms with E-state index >= 15 is 0 Å². The van der Waals surface area contributed by atoms with Gasteiger partial charge in [-0.2, -0.15) is 0 Å². The summed E-state index contributed by atoms with van der Waals surface area (Å²) in [6, 6.07) is 15.4. The second-order valence-corrected chi connectivity index (χ2v) is 5.71. The third-order valence-corrected chi connectivity index (χ3v) is 4.16. The van der Waals surface area contributed by atoms with Crippen molar-refractivity contribution in [3.63, 3.8) is 0 Å². The summed E-state index contributed by atoms with van der Waals surface area (Å²) in [4.78, 5) is 2.54. The molecule has 0 saturated carbocycles. The fourth-order valence-corrected chi connectivity index (χ4v) is 2.83. The number of ether oxygens (including phenoxy) is 1. The van der Waals surface area contributed by atoms with Gasteiger partial charge in [0.25, 0.3) is 0 Å². The Labute approximate surface area is 126 Å². The Bertz CT molecular complexity index is 580. The molecule has 1 aliphatic rings. The van der Waals surface area contributed by atoms with Crippen molar-refractivity contribution in [1.82, 2.24) is 10.2 Å². The van der Waals surface area contributed by atoms with Crippen molar-refractivity contribution in [3.8, 4) is 5.75 Å². The maximum absolute atomic E-state index is 5.95. The predicted molar refractivity (Wildman–Crippen MR) is 88.0 cm³/mol. The Balaban J connectivity index is 1.55. The van der Waals surface area contributed by atoms with Gasteiger partial charge in [0.2, 0.25) is 0 Å². The number of hydrogen-bond donors (Lipinski definition) is 1. The van der Waals surface area contributed by atoms with E-state index in [4.69, 9.17) is 4.74 Å². The van der Waals surface area contributed by atoms with E-state index in [1.807, 2.05) is 0 Å². The molecular formula is C18H24N2O. The summed E-state index contributed by atoms with van der Waals surface area (Å²) < 4.78 is 5.95. The van der Waals surface area contributed by atoms with Gasteiger partial charge < -0.3 is 10.1 Å². The monoisotopic (exact) mass is 284 g/mol. The Morgan fingerprint density at radius 1 is 1.10 bits per heavy atom.